The van der Waals surface area contributed by atoms with E-state index in [4.69, 9.17) is 16.3 Å². The second-order valence-corrected chi connectivity index (χ2v) is 8.00. The van der Waals surface area contributed by atoms with Gasteiger partial charge in [0.05, 0.1) is 12.3 Å². The average molecular weight is 424 g/mol. The van der Waals surface area contributed by atoms with Crippen LogP contribution in [0.15, 0.2) is 60.7 Å². The lowest BCUT2D eigenvalue weighted by Crippen LogP contribution is -2.42. The molecule has 0 aromatic heterocycles. The number of hydrogen-bond donors (Lipinski definition) is 1. The lowest BCUT2D eigenvalue weighted by Gasteiger charge is -2.22. The molecule has 0 bridgehead atoms. The van der Waals surface area contributed by atoms with Crippen LogP contribution in [-0.2, 0) is 15.2 Å². The van der Waals surface area contributed by atoms with Gasteiger partial charge in [-0.2, -0.15) is 0 Å². The van der Waals surface area contributed by atoms with Gasteiger partial charge in [0.2, 0.25) is 0 Å². The van der Waals surface area contributed by atoms with E-state index in [1.165, 1.54) is 11.8 Å². The van der Waals surface area contributed by atoms with Crippen molar-refractivity contribution in [3.63, 3.8) is 0 Å². The summed E-state index contributed by atoms with van der Waals surface area (Å²) in [7, 11) is 0. The number of carbonyl (C=O) groups is 2. The minimum atomic E-state index is -1.87. The molecule has 0 aliphatic carbocycles. The van der Waals surface area contributed by atoms with Gasteiger partial charge in [0, 0.05) is 23.6 Å². The fourth-order valence-electron chi connectivity index (χ4n) is 3.95. The first-order valence-corrected chi connectivity index (χ1v) is 10.2. The molecule has 0 saturated carbocycles. The van der Waals surface area contributed by atoms with E-state index in [0.29, 0.717) is 35.8 Å². The molecule has 1 heterocycles. The molecule has 1 aliphatic heterocycles. The van der Waals surface area contributed by atoms with Crippen LogP contribution in [0.1, 0.15) is 25.3 Å². The Labute approximate surface area is 179 Å². The molecule has 5 nitrogen and oxygen atoms in total. The predicted octanol–water partition coefficient (Wildman–Crippen LogP) is 4.48. The van der Waals surface area contributed by atoms with Crippen LogP contribution < -0.4 is 9.64 Å². The van der Waals surface area contributed by atoms with Crippen LogP contribution >= 0.6 is 11.6 Å². The van der Waals surface area contributed by atoms with Crippen molar-refractivity contribution in [2.75, 3.05) is 18.1 Å². The van der Waals surface area contributed by atoms with Crippen molar-refractivity contribution in [1.82, 2.24) is 0 Å². The molecule has 6 heteroatoms. The van der Waals surface area contributed by atoms with E-state index in [1.54, 1.807) is 18.2 Å². The van der Waals surface area contributed by atoms with Crippen molar-refractivity contribution in [2.24, 2.45) is 0 Å². The highest BCUT2D eigenvalue weighted by molar-refractivity contribution is 6.31. The number of anilines is 1. The van der Waals surface area contributed by atoms with Gasteiger partial charge < -0.3 is 14.7 Å². The van der Waals surface area contributed by atoms with Gasteiger partial charge in [-0.3, -0.25) is 9.59 Å². The summed E-state index contributed by atoms with van der Waals surface area (Å²) in [6.45, 7) is 2.13. The molecule has 4 rings (SSSR count). The van der Waals surface area contributed by atoms with Gasteiger partial charge in [0.15, 0.2) is 5.60 Å². The highest BCUT2D eigenvalue weighted by Crippen LogP contribution is 2.43. The largest absolute Gasteiger partial charge is 0.494 e. The molecule has 1 aliphatic rings. The number of ketones is 1. The Kier molecular flexibility index (Phi) is 5.50. The zero-order chi connectivity index (χ0) is 21.3. The van der Waals surface area contributed by atoms with Crippen LogP contribution in [0.2, 0.25) is 5.02 Å². The molecule has 1 atom stereocenters. The molecular formula is C24H22ClNO4. The Morgan fingerprint density at radius 3 is 2.63 bits per heavy atom. The minimum Gasteiger partial charge on any atom is -0.494 e. The number of hydrogen-bond acceptors (Lipinski definition) is 4. The van der Waals surface area contributed by atoms with Crippen molar-refractivity contribution in [3.8, 4) is 5.75 Å². The van der Waals surface area contributed by atoms with E-state index >= 15 is 0 Å². The van der Waals surface area contributed by atoms with Crippen LogP contribution in [0.3, 0.4) is 0 Å². The Balaban J connectivity index is 1.45. The highest BCUT2D eigenvalue weighted by atomic mass is 35.5. The van der Waals surface area contributed by atoms with Crippen LogP contribution in [0.25, 0.3) is 10.8 Å². The lowest BCUT2D eigenvalue weighted by molar-refractivity contribution is -0.141. The zero-order valence-corrected chi connectivity index (χ0v) is 17.4. The standard InChI is InChI=1S/C24H22ClNO4/c1-16(27)15-24(29)21-14-19(25)8-10-22(21)26(23(24)28)11-4-12-30-20-9-7-17-5-2-3-6-18(17)13-20/h2-3,5-10,13-14,29H,4,11-12,15H2,1H3. The number of halogens is 1. The van der Waals surface area contributed by atoms with Crippen LogP contribution in [0.5, 0.6) is 5.75 Å². The van der Waals surface area contributed by atoms with E-state index in [-0.39, 0.29) is 12.2 Å². The zero-order valence-electron chi connectivity index (χ0n) is 16.6. The van der Waals surface area contributed by atoms with Gasteiger partial charge in [-0.25, -0.2) is 0 Å². The highest BCUT2D eigenvalue weighted by Gasteiger charge is 2.50. The van der Waals surface area contributed by atoms with Gasteiger partial charge in [0.25, 0.3) is 5.91 Å². The van der Waals surface area contributed by atoms with Gasteiger partial charge in [-0.15, -0.1) is 0 Å². The molecule has 1 amide bonds. The third kappa shape index (κ3) is 3.78. The van der Waals surface area contributed by atoms with Crippen molar-refractivity contribution in [1.29, 1.82) is 0 Å². The van der Waals surface area contributed by atoms with Crippen molar-refractivity contribution in [2.45, 2.75) is 25.4 Å². The van der Waals surface area contributed by atoms with Gasteiger partial charge in [0.1, 0.15) is 11.5 Å². The molecule has 0 fully saturated rings. The summed E-state index contributed by atoms with van der Waals surface area (Å²) in [6, 6.07) is 18.9. The van der Waals surface area contributed by atoms with E-state index in [2.05, 4.69) is 0 Å². The first-order chi connectivity index (χ1) is 14.4. The quantitative estimate of drug-likeness (QED) is 0.569. The summed E-state index contributed by atoms with van der Waals surface area (Å²) >= 11 is 6.07. The second-order valence-electron chi connectivity index (χ2n) is 7.57. The summed E-state index contributed by atoms with van der Waals surface area (Å²) in [5.41, 5.74) is -0.907. The fourth-order valence-corrected chi connectivity index (χ4v) is 4.12. The Morgan fingerprint density at radius 1 is 1.10 bits per heavy atom. The van der Waals surface area contributed by atoms with E-state index in [0.717, 1.165) is 16.5 Å². The molecule has 1 unspecified atom stereocenters. The topological polar surface area (TPSA) is 66.8 Å². The number of amides is 1. The van der Waals surface area contributed by atoms with Crippen molar-refractivity contribution >= 4 is 39.8 Å². The maximum absolute atomic E-state index is 13.0. The summed E-state index contributed by atoms with van der Waals surface area (Å²) in [4.78, 5) is 26.2. The van der Waals surface area contributed by atoms with E-state index < -0.39 is 11.5 Å². The smallest absolute Gasteiger partial charge is 0.264 e. The summed E-state index contributed by atoms with van der Waals surface area (Å²) in [5.74, 6) is 0.000602. The van der Waals surface area contributed by atoms with Gasteiger partial charge in [-0.05, 0) is 54.4 Å². The molecule has 154 valence electrons. The van der Waals surface area contributed by atoms with Crippen LogP contribution in [0.4, 0.5) is 5.69 Å². The molecule has 30 heavy (non-hydrogen) atoms. The number of aliphatic hydroxyl groups is 1. The molecule has 0 saturated heterocycles. The van der Waals surface area contributed by atoms with E-state index in [1.807, 2.05) is 42.5 Å². The lowest BCUT2D eigenvalue weighted by atomic mass is 9.90. The molecule has 1 N–H and O–H groups in total. The molecule has 0 spiro atoms. The van der Waals surface area contributed by atoms with Gasteiger partial charge >= 0.3 is 0 Å². The molecule has 3 aromatic rings. The number of benzene rings is 3. The average Bonchev–Trinajstić information content (AvgIpc) is 2.91. The normalized spacial score (nSPS) is 18.0. The Morgan fingerprint density at radius 2 is 1.87 bits per heavy atom. The van der Waals surface area contributed by atoms with Crippen molar-refractivity contribution in [3.05, 3.63) is 71.2 Å². The summed E-state index contributed by atoms with van der Waals surface area (Å²) in [5, 5.41) is 13.7. The predicted molar refractivity (Wildman–Crippen MR) is 117 cm³/mol. The summed E-state index contributed by atoms with van der Waals surface area (Å²) in [6.07, 6.45) is 0.292. The van der Waals surface area contributed by atoms with E-state index in [9.17, 15) is 14.7 Å². The molecule has 3 aromatic carbocycles. The van der Waals surface area contributed by atoms with Crippen LogP contribution in [0, 0.1) is 0 Å². The molecule has 0 radical (unpaired) electrons. The first-order valence-electron chi connectivity index (χ1n) is 9.84. The first kappa shape index (κ1) is 20.4. The maximum atomic E-state index is 13.0. The maximum Gasteiger partial charge on any atom is 0.264 e. The third-order valence-corrected chi connectivity index (χ3v) is 5.55. The SMILES string of the molecule is CC(=O)CC1(O)C(=O)N(CCCOc2ccc3ccccc3c2)c2ccc(Cl)cc21. The Hall–Kier alpha value is -2.89. The minimum absolute atomic E-state index is 0.265. The van der Waals surface area contributed by atoms with Crippen LogP contribution in [-0.4, -0.2) is 29.9 Å². The van der Waals surface area contributed by atoms with Gasteiger partial charge in [-0.1, -0.05) is 41.9 Å². The number of fused-ring (bicyclic) bond motifs is 2. The summed E-state index contributed by atoms with van der Waals surface area (Å²) < 4.78 is 5.86. The molecular weight excluding hydrogens is 402 g/mol. The number of carbonyl (C=O) groups excluding carboxylic acids is 2. The number of rotatable bonds is 7. The van der Waals surface area contributed by atoms with Crippen molar-refractivity contribution < 1.29 is 19.4 Å². The fraction of sp³-hybridized carbons (Fsp3) is 0.250. The Bertz CT molecular complexity index is 1130. The third-order valence-electron chi connectivity index (χ3n) is 5.31. The number of nitrogens with zero attached hydrogens (tertiary/aromatic N) is 1. The monoisotopic (exact) mass is 423 g/mol. The second kappa shape index (κ2) is 8.09. The number of ether oxygens (including phenoxy) is 1. The number of Topliss-reactive ketones (excluding diaryl/α,β-unsaturated/α-hetero) is 1.